The van der Waals surface area contributed by atoms with Crippen LogP contribution in [0.3, 0.4) is 0 Å². The van der Waals surface area contributed by atoms with Crippen LogP contribution in [-0.2, 0) is 16.6 Å². The minimum Gasteiger partial charge on any atom is -0.351 e. The molecule has 24 heavy (non-hydrogen) atoms. The first-order valence-corrected chi connectivity index (χ1v) is 9.10. The maximum atomic E-state index is 13.1. The van der Waals surface area contributed by atoms with E-state index in [1.54, 1.807) is 24.4 Å². The zero-order valence-electron chi connectivity index (χ0n) is 13.1. The summed E-state index contributed by atoms with van der Waals surface area (Å²) in [5.41, 5.74) is 0.796. The third-order valence-corrected chi connectivity index (χ3v) is 4.52. The summed E-state index contributed by atoms with van der Waals surface area (Å²) in [4.78, 5) is 16.0. The molecule has 0 spiro atoms. The summed E-state index contributed by atoms with van der Waals surface area (Å²) in [6, 6.07) is 10.5. The summed E-state index contributed by atoms with van der Waals surface area (Å²) in [6.45, 7) is 0.321. The Balaban J connectivity index is 1.95. The van der Waals surface area contributed by atoms with Gasteiger partial charge in [0.15, 0.2) is 0 Å². The highest BCUT2D eigenvalue weighted by Crippen LogP contribution is 2.06. The van der Waals surface area contributed by atoms with Crippen LogP contribution in [0.4, 0.5) is 4.39 Å². The number of rotatable bonds is 7. The van der Waals surface area contributed by atoms with E-state index in [0.29, 0.717) is 5.69 Å². The number of hydrogen-bond acceptors (Lipinski definition) is 4. The molecule has 2 aromatic rings. The molecule has 0 radical (unpaired) electrons. The van der Waals surface area contributed by atoms with Crippen molar-refractivity contribution in [1.82, 2.24) is 14.6 Å². The van der Waals surface area contributed by atoms with Gasteiger partial charge in [-0.3, -0.25) is 9.78 Å². The van der Waals surface area contributed by atoms with Crippen LogP contribution in [-0.4, -0.2) is 43.0 Å². The zero-order valence-corrected chi connectivity index (χ0v) is 14.0. The first-order valence-electron chi connectivity index (χ1n) is 7.25. The van der Waals surface area contributed by atoms with Crippen molar-refractivity contribution in [3.63, 3.8) is 0 Å². The van der Waals surface area contributed by atoms with Gasteiger partial charge in [0.25, 0.3) is 5.91 Å². The molecule has 128 valence electrons. The molecule has 0 atom stereocenters. The first-order chi connectivity index (χ1) is 11.4. The maximum Gasteiger partial charge on any atom is 0.251 e. The van der Waals surface area contributed by atoms with Crippen LogP contribution >= 0.6 is 0 Å². The van der Waals surface area contributed by atoms with Crippen LogP contribution in [0.25, 0.3) is 0 Å². The largest absolute Gasteiger partial charge is 0.351 e. The number of nitrogens with one attached hydrogen (secondary N) is 1. The van der Waals surface area contributed by atoms with Crippen LogP contribution in [0.2, 0.25) is 0 Å². The predicted octanol–water partition coefficient (Wildman–Crippen LogP) is 1.41. The molecule has 0 aliphatic carbocycles. The standard InChI is InChI=1S/C16H18FN3O3S/c1-24(22,23)20(12-15-7-2-3-8-18-15)10-9-19-16(21)13-5-4-6-14(17)11-13/h2-8,11H,9-10,12H2,1H3,(H,19,21). The maximum absolute atomic E-state index is 13.1. The number of aromatic nitrogens is 1. The molecule has 2 rings (SSSR count). The van der Waals surface area contributed by atoms with E-state index in [9.17, 15) is 17.6 Å². The Labute approximate surface area is 140 Å². The minimum atomic E-state index is -3.45. The molecule has 0 saturated heterocycles. The lowest BCUT2D eigenvalue weighted by Crippen LogP contribution is -2.37. The van der Waals surface area contributed by atoms with E-state index in [1.807, 2.05) is 0 Å². The molecular formula is C16H18FN3O3S. The lowest BCUT2D eigenvalue weighted by Gasteiger charge is -2.19. The Kier molecular flexibility index (Phi) is 5.99. The van der Waals surface area contributed by atoms with E-state index in [0.717, 1.165) is 12.3 Å². The van der Waals surface area contributed by atoms with Crippen molar-refractivity contribution in [3.8, 4) is 0 Å². The van der Waals surface area contributed by atoms with E-state index in [4.69, 9.17) is 0 Å². The van der Waals surface area contributed by atoms with Gasteiger partial charge in [0.05, 0.1) is 18.5 Å². The van der Waals surface area contributed by atoms with Crippen molar-refractivity contribution in [3.05, 3.63) is 65.7 Å². The van der Waals surface area contributed by atoms with Crippen LogP contribution in [0.5, 0.6) is 0 Å². The fourth-order valence-electron chi connectivity index (χ4n) is 2.06. The van der Waals surface area contributed by atoms with Crippen molar-refractivity contribution in [2.24, 2.45) is 0 Å². The van der Waals surface area contributed by atoms with Gasteiger partial charge in [0.1, 0.15) is 5.82 Å². The van der Waals surface area contributed by atoms with E-state index in [-0.39, 0.29) is 25.2 Å². The van der Waals surface area contributed by atoms with Gasteiger partial charge in [-0.25, -0.2) is 12.8 Å². The normalized spacial score (nSPS) is 11.5. The molecule has 1 aromatic carbocycles. The second kappa shape index (κ2) is 7.98. The summed E-state index contributed by atoms with van der Waals surface area (Å²) in [5, 5.41) is 2.58. The summed E-state index contributed by atoms with van der Waals surface area (Å²) < 4.78 is 38.0. The number of nitrogens with zero attached hydrogens (tertiary/aromatic N) is 2. The highest BCUT2D eigenvalue weighted by Gasteiger charge is 2.17. The van der Waals surface area contributed by atoms with Gasteiger partial charge in [-0.05, 0) is 30.3 Å². The first kappa shape index (κ1) is 18.0. The van der Waals surface area contributed by atoms with Gasteiger partial charge < -0.3 is 5.32 Å². The van der Waals surface area contributed by atoms with E-state index >= 15 is 0 Å². The molecule has 0 unspecified atom stereocenters. The molecule has 1 heterocycles. The van der Waals surface area contributed by atoms with Crippen molar-refractivity contribution < 1.29 is 17.6 Å². The van der Waals surface area contributed by atoms with Gasteiger partial charge in [-0.2, -0.15) is 4.31 Å². The van der Waals surface area contributed by atoms with Crippen molar-refractivity contribution in [2.45, 2.75) is 6.54 Å². The molecule has 8 heteroatoms. The average Bonchev–Trinajstić information content (AvgIpc) is 2.54. The number of amides is 1. The molecule has 0 aliphatic heterocycles. The second-order valence-electron chi connectivity index (χ2n) is 5.18. The molecule has 6 nitrogen and oxygen atoms in total. The summed E-state index contributed by atoms with van der Waals surface area (Å²) >= 11 is 0. The van der Waals surface area contributed by atoms with Gasteiger partial charge >= 0.3 is 0 Å². The number of halogens is 1. The monoisotopic (exact) mass is 351 g/mol. The lowest BCUT2D eigenvalue weighted by atomic mass is 10.2. The smallest absolute Gasteiger partial charge is 0.251 e. The van der Waals surface area contributed by atoms with Gasteiger partial charge in [0.2, 0.25) is 10.0 Å². The van der Waals surface area contributed by atoms with Crippen molar-refractivity contribution in [1.29, 1.82) is 0 Å². The van der Waals surface area contributed by atoms with Gasteiger partial charge in [0, 0.05) is 24.8 Å². The zero-order chi connectivity index (χ0) is 17.6. The third-order valence-electron chi connectivity index (χ3n) is 3.27. The molecule has 0 aliphatic rings. The Morgan fingerprint density at radius 3 is 2.67 bits per heavy atom. The second-order valence-corrected chi connectivity index (χ2v) is 7.17. The molecule has 0 bridgehead atoms. The Morgan fingerprint density at radius 1 is 1.25 bits per heavy atom. The van der Waals surface area contributed by atoms with Crippen LogP contribution < -0.4 is 5.32 Å². The summed E-state index contributed by atoms with van der Waals surface area (Å²) in [6.07, 6.45) is 2.69. The SMILES string of the molecule is CS(=O)(=O)N(CCNC(=O)c1cccc(F)c1)Cc1ccccn1. The average molecular weight is 351 g/mol. The third kappa shape index (κ3) is 5.39. The summed E-state index contributed by atoms with van der Waals surface area (Å²) in [7, 11) is -3.45. The van der Waals surface area contributed by atoms with Crippen LogP contribution in [0, 0.1) is 5.82 Å². The number of benzene rings is 1. The Bertz CT molecular complexity index is 797. The minimum absolute atomic E-state index is 0.0937. The fourth-order valence-corrected chi connectivity index (χ4v) is 2.85. The molecule has 1 amide bonds. The number of hydrogen-bond donors (Lipinski definition) is 1. The predicted molar refractivity (Wildman–Crippen MR) is 88.2 cm³/mol. The highest BCUT2D eigenvalue weighted by molar-refractivity contribution is 7.88. The van der Waals surface area contributed by atoms with Gasteiger partial charge in [-0.15, -0.1) is 0 Å². The van der Waals surface area contributed by atoms with E-state index in [1.165, 1.54) is 22.5 Å². The topological polar surface area (TPSA) is 79.4 Å². The quantitative estimate of drug-likeness (QED) is 0.818. The van der Waals surface area contributed by atoms with Crippen molar-refractivity contribution in [2.75, 3.05) is 19.3 Å². The van der Waals surface area contributed by atoms with Crippen LogP contribution in [0.15, 0.2) is 48.7 Å². The number of carbonyl (C=O) groups excluding carboxylic acids is 1. The molecule has 0 fully saturated rings. The van der Waals surface area contributed by atoms with Crippen molar-refractivity contribution >= 4 is 15.9 Å². The molecule has 0 saturated carbocycles. The Morgan fingerprint density at radius 2 is 2.04 bits per heavy atom. The number of carbonyl (C=O) groups is 1. The fraction of sp³-hybridized carbons (Fsp3) is 0.250. The number of sulfonamides is 1. The molecule has 1 N–H and O–H groups in total. The summed E-state index contributed by atoms with van der Waals surface area (Å²) in [5.74, 6) is -0.962. The van der Waals surface area contributed by atoms with E-state index < -0.39 is 21.7 Å². The molecular weight excluding hydrogens is 333 g/mol. The van der Waals surface area contributed by atoms with E-state index in [2.05, 4.69) is 10.3 Å². The van der Waals surface area contributed by atoms with Gasteiger partial charge in [-0.1, -0.05) is 12.1 Å². The lowest BCUT2D eigenvalue weighted by molar-refractivity contribution is 0.0951. The Hall–Kier alpha value is -2.32. The highest BCUT2D eigenvalue weighted by atomic mass is 32.2. The number of pyridine rings is 1. The molecule has 1 aromatic heterocycles. The van der Waals surface area contributed by atoms with Crippen LogP contribution in [0.1, 0.15) is 16.1 Å².